The van der Waals surface area contributed by atoms with Crippen LogP contribution in [0.4, 0.5) is 10.5 Å². The van der Waals surface area contributed by atoms with Crippen LogP contribution in [0.3, 0.4) is 0 Å². The molecule has 0 saturated carbocycles. The van der Waals surface area contributed by atoms with Crippen molar-refractivity contribution in [3.8, 4) is 0 Å². The Bertz CT molecular complexity index is 1120. The number of nitrogens with two attached hydrogens (primary N) is 1. The number of benzene rings is 2. The third kappa shape index (κ3) is 8.87. The Hall–Kier alpha value is -4.48. The number of non-ortho nitro benzene ring substituents is 1. The Balaban J connectivity index is 2.23. The van der Waals surface area contributed by atoms with Crippen molar-refractivity contribution in [1.82, 2.24) is 10.6 Å². The summed E-state index contributed by atoms with van der Waals surface area (Å²) in [6.45, 7) is 5.07. The maximum absolute atomic E-state index is 13.2. The molecule has 0 bridgehead atoms. The Morgan fingerprint density at radius 3 is 2.11 bits per heavy atom. The number of hydrogen-bond acceptors (Lipinski definition) is 8. The second-order valence-electron chi connectivity index (χ2n) is 8.78. The second-order valence-corrected chi connectivity index (χ2v) is 8.78. The summed E-state index contributed by atoms with van der Waals surface area (Å²) in [7, 11) is 0. The third-order valence-corrected chi connectivity index (χ3v) is 5.67. The average molecular weight is 529 g/mol. The van der Waals surface area contributed by atoms with Crippen LogP contribution in [-0.2, 0) is 30.5 Å². The molecule has 12 nitrogen and oxygen atoms in total. The minimum absolute atomic E-state index is 0.00915. The van der Waals surface area contributed by atoms with Crippen LogP contribution < -0.4 is 16.4 Å². The van der Waals surface area contributed by atoms with E-state index in [2.05, 4.69) is 10.6 Å². The van der Waals surface area contributed by atoms with E-state index in [0.717, 1.165) is 5.56 Å². The van der Waals surface area contributed by atoms with Gasteiger partial charge in [-0.25, -0.2) is 4.79 Å². The molecule has 3 amide bonds. The molecule has 4 N–H and O–H groups in total. The van der Waals surface area contributed by atoms with E-state index < -0.39 is 52.7 Å². The van der Waals surface area contributed by atoms with Crippen LogP contribution in [-0.4, -0.2) is 47.5 Å². The number of ether oxygens (including phenoxy) is 2. The van der Waals surface area contributed by atoms with Crippen molar-refractivity contribution in [3.63, 3.8) is 0 Å². The molecule has 2 aromatic rings. The highest BCUT2D eigenvalue weighted by Gasteiger charge is 2.35. The largest absolute Gasteiger partial charge is 0.466 e. The monoisotopic (exact) mass is 528 g/mol. The van der Waals surface area contributed by atoms with Crippen molar-refractivity contribution in [3.05, 3.63) is 75.8 Å². The van der Waals surface area contributed by atoms with E-state index in [0.29, 0.717) is 5.56 Å². The van der Waals surface area contributed by atoms with Crippen molar-refractivity contribution < 1.29 is 33.6 Å². The van der Waals surface area contributed by atoms with E-state index in [1.807, 2.05) is 6.07 Å². The van der Waals surface area contributed by atoms with Gasteiger partial charge < -0.3 is 25.8 Å². The number of alkyl carbamates (subject to hydrolysis) is 1. The van der Waals surface area contributed by atoms with E-state index in [1.54, 1.807) is 45.0 Å². The topological polar surface area (TPSA) is 180 Å². The number of carbonyl (C=O) groups is 4. The molecule has 0 heterocycles. The van der Waals surface area contributed by atoms with Gasteiger partial charge in [0.1, 0.15) is 18.7 Å². The molecular weight excluding hydrogens is 496 g/mol. The molecule has 0 fully saturated rings. The molecule has 0 unspecified atom stereocenters. The molecule has 0 saturated heterocycles. The lowest BCUT2D eigenvalue weighted by atomic mass is 9.87. The molecule has 0 aliphatic carbocycles. The summed E-state index contributed by atoms with van der Waals surface area (Å²) in [5.41, 5.74) is 6.53. The van der Waals surface area contributed by atoms with E-state index in [1.165, 1.54) is 24.3 Å². The summed E-state index contributed by atoms with van der Waals surface area (Å²) in [4.78, 5) is 60.8. The standard InChI is InChI=1S/C26H32N4O8/c1-4-37-21(31)14-20(18-10-12-19(13-11-18)30(35)36)23(24(27)32)28-25(33)22(16(2)3)29-26(34)38-15-17-8-6-5-7-9-17/h5-13,16,20,22-23H,4,14-15H2,1-3H3,(H2,27,32)(H,28,33)(H,29,34)/t20-,22+,23-/m0/s1. The van der Waals surface area contributed by atoms with Gasteiger partial charge in [-0.15, -0.1) is 0 Å². The van der Waals surface area contributed by atoms with Gasteiger partial charge in [-0.2, -0.15) is 0 Å². The molecule has 0 radical (unpaired) electrons. The molecule has 204 valence electrons. The van der Waals surface area contributed by atoms with Gasteiger partial charge in [-0.1, -0.05) is 56.3 Å². The van der Waals surface area contributed by atoms with E-state index in [9.17, 15) is 29.3 Å². The number of carbonyl (C=O) groups excluding carboxylic acids is 4. The van der Waals surface area contributed by atoms with E-state index in [4.69, 9.17) is 15.2 Å². The Morgan fingerprint density at radius 1 is 0.947 bits per heavy atom. The molecular formula is C26H32N4O8. The normalized spacial score (nSPS) is 13.1. The molecule has 12 heteroatoms. The SMILES string of the molecule is CCOC(=O)C[C@@H](c1ccc([N+](=O)[O-])cc1)[C@H](NC(=O)[C@H](NC(=O)OCc1ccccc1)C(C)C)C(N)=O. The smallest absolute Gasteiger partial charge is 0.408 e. The van der Waals surface area contributed by atoms with Crippen LogP contribution in [0.2, 0.25) is 0 Å². The fraction of sp³-hybridized carbons (Fsp3) is 0.385. The van der Waals surface area contributed by atoms with Crippen LogP contribution >= 0.6 is 0 Å². The highest BCUT2D eigenvalue weighted by atomic mass is 16.6. The van der Waals surface area contributed by atoms with Gasteiger partial charge in [-0.3, -0.25) is 24.5 Å². The van der Waals surface area contributed by atoms with Crippen molar-refractivity contribution in [2.45, 2.75) is 51.8 Å². The van der Waals surface area contributed by atoms with Gasteiger partial charge in [0.25, 0.3) is 5.69 Å². The lowest BCUT2D eigenvalue weighted by Gasteiger charge is -2.28. The molecule has 2 rings (SSSR count). The predicted octanol–water partition coefficient (Wildman–Crippen LogP) is 2.55. The molecule has 3 atom stereocenters. The van der Waals surface area contributed by atoms with Gasteiger partial charge in [0.05, 0.1) is 18.0 Å². The average Bonchev–Trinajstić information content (AvgIpc) is 2.88. The summed E-state index contributed by atoms with van der Waals surface area (Å²) in [5.74, 6) is -3.72. The number of nitro groups is 1. The highest BCUT2D eigenvalue weighted by Crippen LogP contribution is 2.27. The van der Waals surface area contributed by atoms with Crippen molar-refractivity contribution in [2.24, 2.45) is 11.7 Å². The zero-order valence-electron chi connectivity index (χ0n) is 21.4. The highest BCUT2D eigenvalue weighted by molar-refractivity contribution is 5.92. The Morgan fingerprint density at radius 2 is 1.58 bits per heavy atom. The number of rotatable bonds is 13. The summed E-state index contributed by atoms with van der Waals surface area (Å²) < 4.78 is 10.2. The number of amides is 3. The van der Waals surface area contributed by atoms with Crippen LogP contribution in [0, 0.1) is 16.0 Å². The van der Waals surface area contributed by atoms with E-state index >= 15 is 0 Å². The fourth-order valence-corrected chi connectivity index (χ4v) is 3.71. The first-order valence-corrected chi connectivity index (χ1v) is 12.0. The van der Waals surface area contributed by atoms with Gasteiger partial charge in [0.2, 0.25) is 11.8 Å². The lowest BCUT2D eigenvalue weighted by Crippen LogP contribution is -2.56. The summed E-state index contributed by atoms with van der Waals surface area (Å²) in [6.07, 6.45) is -1.17. The maximum atomic E-state index is 13.2. The number of esters is 1. The number of primary amides is 1. The number of nitrogens with one attached hydrogen (secondary N) is 2. The molecule has 0 aliphatic heterocycles. The van der Waals surface area contributed by atoms with Crippen LogP contribution in [0.5, 0.6) is 0 Å². The third-order valence-electron chi connectivity index (χ3n) is 5.67. The zero-order chi connectivity index (χ0) is 28.2. The molecule has 2 aromatic carbocycles. The second kappa shape index (κ2) is 14.3. The van der Waals surface area contributed by atoms with E-state index in [-0.39, 0.29) is 25.3 Å². The lowest BCUT2D eigenvalue weighted by molar-refractivity contribution is -0.384. The first-order valence-electron chi connectivity index (χ1n) is 12.0. The minimum atomic E-state index is -1.39. The zero-order valence-corrected chi connectivity index (χ0v) is 21.4. The predicted molar refractivity (Wildman–Crippen MR) is 137 cm³/mol. The summed E-state index contributed by atoms with van der Waals surface area (Å²) in [6, 6.07) is 11.7. The van der Waals surface area contributed by atoms with Crippen LogP contribution in [0.1, 0.15) is 44.2 Å². The number of hydrogen-bond donors (Lipinski definition) is 3. The quantitative estimate of drug-likeness (QED) is 0.201. The van der Waals surface area contributed by atoms with Crippen molar-refractivity contribution >= 4 is 29.6 Å². The maximum Gasteiger partial charge on any atom is 0.408 e. The number of nitro benzene ring substituents is 1. The summed E-state index contributed by atoms with van der Waals surface area (Å²) in [5, 5.41) is 16.1. The van der Waals surface area contributed by atoms with Crippen LogP contribution in [0.25, 0.3) is 0 Å². The fourth-order valence-electron chi connectivity index (χ4n) is 3.71. The molecule has 0 aliphatic rings. The van der Waals surface area contributed by atoms with Crippen LogP contribution in [0.15, 0.2) is 54.6 Å². The Kier molecular flexibility index (Phi) is 11.2. The first-order chi connectivity index (χ1) is 18.0. The van der Waals surface area contributed by atoms with Gasteiger partial charge in [-0.05, 0) is 24.0 Å². The van der Waals surface area contributed by atoms with Crippen molar-refractivity contribution in [2.75, 3.05) is 6.61 Å². The van der Waals surface area contributed by atoms with Gasteiger partial charge >= 0.3 is 12.1 Å². The summed E-state index contributed by atoms with van der Waals surface area (Å²) >= 11 is 0. The van der Waals surface area contributed by atoms with Gasteiger partial charge in [0.15, 0.2) is 0 Å². The van der Waals surface area contributed by atoms with Gasteiger partial charge in [0, 0.05) is 18.1 Å². The minimum Gasteiger partial charge on any atom is -0.466 e. The van der Waals surface area contributed by atoms with Crippen molar-refractivity contribution in [1.29, 1.82) is 0 Å². The molecule has 0 spiro atoms. The number of nitrogens with zero attached hydrogens (tertiary/aromatic N) is 1. The first kappa shape index (κ1) is 29.7. The Labute approximate surface area is 220 Å². The molecule has 38 heavy (non-hydrogen) atoms. The molecule has 0 aromatic heterocycles.